The van der Waals surface area contributed by atoms with E-state index in [1.54, 1.807) is 0 Å². The lowest BCUT2D eigenvalue weighted by Crippen LogP contribution is -2.29. The Hall–Kier alpha value is -0.840. The second kappa shape index (κ2) is 6.74. The number of carbonyl (C=O) groups is 1. The van der Waals surface area contributed by atoms with Crippen LogP contribution in [0.15, 0.2) is 21.5 Å². The maximum Gasteiger partial charge on any atom is 0.338 e. The van der Waals surface area contributed by atoms with Crippen LogP contribution in [0, 0.1) is 5.82 Å². The molecule has 10 heteroatoms. The van der Waals surface area contributed by atoms with Gasteiger partial charge in [-0.25, -0.2) is 22.3 Å². The lowest BCUT2D eigenvalue weighted by atomic mass is 10.2. The van der Waals surface area contributed by atoms with Crippen LogP contribution in [-0.4, -0.2) is 42.3 Å². The molecule has 1 aromatic rings. The molecule has 0 saturated carbocycles. The van der Waals surface area contributed by atoms with Gasteiger partial charge in [0.1, 0.15) is 4.90 Å². The Morgan fingerprint density at radius 2 is 2.10 bits per heavy atom. The van der Waals surface area contributed by atoms with E-state index < -0.39 is 43.1 Å². The van der Waals surface area contributed by atoms with E-state index in [1.807, 2.05) is 0 Å². The Bertz CT molecular complexity index is 662. The third-order valence-electron chi connectivity index (χ3n) is 2.21. The Morgan fingerprint density at radius 3 is 2.60 bits per heavy atom. The first kappa shape index (κ1) is 17.2. The number of benzene rings is 1. The molecular formula is C10H11BrFNO5S2. The van der Waals surface area contributed by atoms with Gasteiger partial charge in [-0.1, -0.05) is 15.9 Å². The minimum atomic E-state index is -4.22. The summed E-state index contributed by atoms with van der Waals surface area (Å²) in [6.07, 6.45) is 1.40. The zero-order chi connectivity index (χ0) is 15.5. The Kier molecular flexibility index (Phi) is 5.80. The van der Waals surface area contributed by atoms with Crippen molar-refractivity contribution in [2.75, 3.05) is 18.6 Å². The fraction of sp³-hybridized carbons (Fsp3) is 0.300. The van der Waals surface area contributed by atoms with E-state index in [4.69, 9.17) is 5.11 Å². The Morgan fingerprint density at radius 1 is 1.50 bits per heavy atom. The van der Waals surface area contributed by atoms with Crippen molar-refractivity contribution in [3.05, 3.63) is 28.0 Å². The van der Waals surface area contributed by atoms with Crippen molar-refractivity contribution in [3.63, 3.8) is 0 Å². The molecule has 2 N–H and O–H groups in total. The minimum Gasteiger partial charge on any atom is -0.478 e. The second-order valence-corrected chi connectivity index (χ2v) is 7.95. The highest BCUT2D eigenvalue weighted by Crippen LogP contribution is 2.24. The van der Waals surface area contributed by atoms with Crippen molar-refractivity contribution in [2.24, 2.45) is 0 Å². The summed E-state index contributed by atoms with van der Waals surface area (Å²) in [5.74, 6) is -2.85. The van der Waals surface area contributed by atoms with Gasteiger partial charge in [0.25, 0.3) is 0 Å². The summed E-state index contributed by atoms with van der Waals surface area (Å²) in [5, 5.41) is 8.81. The van der Waals surface area contributed by atoms with Crippen LogP contribution in [0.1, 0.15) is 10.4 Å². The molecule has 20 heavy (non-hydrogen) atoms. The quantitative estimate of drug-likeness (QED) is 0.756. The molecular weight excluding hydrogens is 377 g/mol. The van der Waals surface area contributed by atoms with E-state index in [9.17, 15) is 21.8 Å². The number of aromatic carboxylic acids is 1. The van der Waals surface area contributed by atoms with E-state index in [1.165, 1.54) is 6.26 Å². The maximum atomic E-state index is 13.9. The normalized spacial score (nSPS) is 13.2. The van der Waals surface area contributed by atoms with E-state index in [-0.39, 0.29) is 16.8 Å². The topological polar surface area (TPSA) is 101 Å². The molecule has 1 atom stereocenters. The van der Waals surface area contributed by atoms with Gasteiger partial charge >= 0.3 is 5.97 Å². The van der Waals surface area contributed by atoms with Crippen molar-refractivity contribution < 1.29 is 26.9 Å². The summed E-state index contributed by atoms with van der Waals surface area (Å²) >= 11 is 2.93. The van der Waals surface area contributed by atoms with Gasteiger partial charge in [-0.05, 0) is 12.1 Å². The van der Waals surface area contributed by atoms with Gasteiger partial charge < -0.3 is 5.11 Å². The van der Waals surface area contributed by atoms with Crippen molar-refractivity contribution in [1.82, 2.24) is 4.72 Å². The summed E-state index contributed by atoms with van der Waals surface area (Å²) < 4.78 is 50.7. The van der Waals surface area contributed by atoms with Crippen LogP contribution in [0.25, 0.3) is 0 Å². The van der Waals surface area contributed by atoms with Gasteiger partial charge in [0.15, 0.2) is 5.82 Å². The average molecular weight is 388 g/mol. The molecule has 0 aliphatic carbocycles. The summed E-state index contributed by atoms with van der Waals surface area (Å²) in [4.78, 5) is 10.1. The summed E-state index contributed by atoms with van der Waals surface area (Å²) in [6.45, 7) is -0.139. The molecule has 1 unspecified atom stereocenters. The van der Waals surface area contributed by atoms with Gasteiger partial charge in [-0.15, -0.1) is 0 Å². The highest BCUT2D eigenvalue weighted by molar-refractivity contribution is 9.10. The first-order chi connectivity index (χ1) is 9.15. The fourth-order valence-electron chi connectivity index (χ4n) is 1.31. The molecule has 0 aliphatic heterocycles. The second-order valence-electron chi connectivity index (χ2n) is 3.75. The van der Waals surface area contributed by atoms with Gasteiger partial charge in [-0.3, -0.25) is 4.21 Å². The first-order valence-electron chi connectivity index (χ1n) is 5.17. The predicted octanol–water partition coefficient (Wildman–Crippen LogP) is 0.943. The van der Waals surface area contributed by atoms with Crippen LogP contribution in [0.4, 0.5) is 4.39 Å². The number of nitrogens with one attached hydrogen (secondary N) is 1. The lowest BCUT2D eigenvalue weighted by Gasteiger charge is -2.09. The zero-order valence-electron chi connectivity index (χ0n) is 10.2. The third kappa shape index (κ3) is 4.33. The Balaban J connectivity index is 3.18. The third-order valence-corrected chi connectivity index (χ3v) is 4.90. The van der Waals surface area contributed by atoms with E-state index in [2.05, 4.69) is 20.7 Å². The summed E-state index contributed by atoms with van der Waals surface area (Å²) in [5.41, 5.74) is -0.751. The fourth-order valence-corrected chi connectivity index (χ4v) is 3.60. The van der Waals surface area contributed by atoms with Crippen molar-refractivity contribution in [1.29, 1.82) is 0 Å². The molecule has 6 nitrogen and oxygen atoms in total. The molecule has 0 heterocycles. The van der Waals surface area contributed by atoms with Crippen LogP contribution < -0.4 is 4.72 Å². The van der Waals surface area contributed by atoms with Gasteiger partial charge in [-0.2, -0.15) is 0 Å². The van der Waals surface area contributed by atoms with Crippen LogP contribution >= 0.6 is 15.9 Å². The highest BCUT2D eigenvalue weighted by Gasteiger charge is 2.24. The molecule has 0 saturated heterocycles. The summed E-state index contributed by atoms with van der Waals surface area (Å²) in [6, 6.07) is 1.94. The molecule has 0 aliphatic rings. The zero-order valence-corrected chi connectivity index (χ0v) is 13.4. The number of hydrogen-bond acceptors (Lipinski definition) is 4. The monoisotopic (exact) mass is 387 g/mol. The van der Waals surface area contributed by atoms with Gasteiger partial charge in [0.05, 0.1) is 5.56 Å². The van der Waals surface area contributed by atoms with Crippen LogP contribution in [-0.2, 0) is 20.8 Å². The van der Waals surface area contributed by atoms with Crippen LogP contribution in [0.2, 0.25) is 0 Å². The lowest BCUT2D eigenvalue weighted by molar-refractivity contribution is 0.0691. The average Bonchev–Trinajstić information content (AvgIpc) is 2.30. The van der Waals surface area contributed by atoms with Crippen molar-refractivity contribution in [2.45, 2.75) is 4.90 Å². The van der Waals surface area contributed by atoms with Crippen molar-refractivity contribution in [3.8, 4) is 0 Å². The number of carboxylic acid groups (broad SMARTS) is 1. The van der Waals surface area contributed by atoms with E-state index >= 15 is 0 Å². The molecule has 1 aromatic carbocycles. The molecule has 112 valence electrons. The minimum absolute atomic E-state index is 0.0701. The largest absolute Gasteiger partial charge is 0.478 e. The maximum absolute atomic E-state index is 13.9. The molecule has 0 spiro atoms. The number of carboxylic acids is 1. The standard InChI is InChI=1S/C10H11BrFNO5S2/c1-19(16)3-2-13-20(17,18)8-5-6(11)4-7(9(8)12)10(14)15/h4-5,13H,2-3H2,1H3,(H,14,15). The molecule has 0 radical (unpaired) electrons. The predicted molar refractivity (Wildman–Crippen MR) is 75.2 cm³/mol. The number of sulfonamides is 1. The van der Waals surface area contributed by atoms with Crippen molar-refractivity contribution >= 4 is 42.7 Å². The number of rotatable bonds is 6. The molecule has 1 rings (SSSR count). The smallest absolute Gasteiger partial charge is 0.338 e. The molecule has 0 amide bonds. The first-order valence-corrected chi connectivity index (χ1v) is 9.17. The molecule has 0 aromatic heterocycles. The molecule has 0 fully saturated rings. The van der Waals surface area contributed by atoms with Crippen LogP contribution in [0.5, 0.6) is 0 Å². The van der Waals surface area contributed by atoms with E-state index in [0.29, 0.717) is 0 Å². The number of hydrogen-bond donors (Lipinski definition) is 2. The molecule has 0 bridgehead atoms. The Labute approximate surface area is 126 Å². The van der Waals surface area contributed by atoms with E-state index in [0.717, 1.165) is 12.1 Å². The highest BCUT2D eigenvalue weighted by atomic mass is 79.9. The number of halogens is 2. The van der Waals surface area contributed by atoms with Gasteiger partial charge in [0, 0.05) is 33.8 Å². The van der Waals surface area contributed by atoms with Crippen LogP contribution in [0.3, 0.4) is 0 Å². The summed E-state index contributed by atoms with van der Waals surface area (Å²) in [7, 11) is -5.42. The SMILES string of the molecule is CS(=O)CCNS(=O)(=O)c1cc(Br)cc(C(=O)O)c1F. The van der Waals surface area contributed by atoms with Gasteiger partial charge in [0.2, 0.25) is 10.0 Å².